The van der Waals surface area contributed by atoms with Crippen molar-refractivity contribution >= 4 is 23.2 Å². The van der Waals surface area contributed by atoms with Gasteiger partial charge in [0, 0.05) is 30.4 Å². The molecule has 2 N–H and O–H groups in total. The number of amides is 2. The minimum atomic E-state index is -0.0368. The zero-order chi connectivity index (χ0) is 17.4. The second kappa shape index (κ2) is 9.39. The molecule has 2 amide bonds. The van der Waals surface area contributed by atoms with Crippen molar-refractivity contribution in [3.63, 3.8) is 0 Å². The monoisotopic (exact) mass is 333 g/mol. The van der Waals surface area contributed by atoms with Gasteiger partial charge in [-0.2, -0.15) is 0 Å². The number of nitrogens with zero attached hydrogens (tertiary/aromatic N) is 1. The number of hydrogen-bond donors (Lipinski definition) is 2. The molecule has 6 nitrogen and oxygen atoms in total. The highest BCUT2D eigenvalue weighted by atomic mass is 16.5. The smallest absolute Gasteiger partial charge is 0.238 e. The molecular formula is C18H27N3O3. The summed E-state index contributed by atoms with van der Waals surface area (Å²) >= 11 is 0. The van der Waals surface area contributed by atoms with E-state index in [0.717, 1.165) is 37.3 Å². The average molecular weight is 333 g/mol. The van der Waals surface area contributed by atoms with E-state index in [4.69, 9.17) is 4.74 Å². The number of anilines is 2. The maximum Gasteiger partial charge on any atom is 0.238 e. The molecule has 24 heavy (non-hydrogen) atoms. The zero-order valence-electron chi connectivity index (χ0n) is 14.5. The second-order valence-electron chi connectivity index (χ2n) is 6.19. The summed E-state index contributed by atoms with van der Waals surface area (Å²) in [5.74, 6) is -0.00546. The Morgan fingerprint density at radius 3 is 2.29 bits per heavy atom. The lowest BCUT2D eigenvalue weighted by Crippen LogP contribution is -2.41. The van der Waals surface area contributed by atoms with Crippen molar-refractivity contribution in [1.82, 2.24) is 4.90 Å². The summed E-state index contributed by atoms with van der Waals surface area (Å²) < 4.78 is 5.27. The first-order valence-electron chi connectivity index (χ1n) is 8.59. The molecule has 0 radical (unpaired) electrons. The van der Waals surface area contributed by atoms with Crippen LogP contribution in [0.2, 0.25) is 0 Å². The van der Waals surface area contributed by atoms with Gasteiger partial charge in [0.2, 0.25) is 11.8 Å². The largest absolute Gasteiger partial charge is 0.379 e. The Labute approximate surface area is 143 Å². The molecule has 1 heterocycles. The number of ether oxygens (including phenoxy) is 1. The quantitative estimate of drug-likeness (QED) is 0.803. The van der Waals surface area contributed by atoms with Crippen molar-refractivity contribution in [3.05, 3.63) is 24.3 Å². The number of carbonyl (C=O) groups is 2. The summed E-state index contributed by atoms with van der Waals surface area (Å²) in [5, 5.41) is 5.78. The van der Waals surface area contributed by atoms with E-state index in [2.05, 4.69) is 22.5 Å². The summed E-state index contributed by atoms with van der Waals surface area (Å²) in [4.78, 5) is 26.1. The molecule has 0 spiro atoms. The normalized spacial score (nSPS) is 16.4. The third kappa shape index (κ3) is 5.94. The predicted octanol–water partition coefficient (Wildman–Crippen LogP) is 2.33. The van der Waals surface area contributed by atoms with Crippen molar-refractivity contribution in [3.8, 4) is 0 Å². The van der Waals surface area contributed by atoms with Crippen LogP contribution >= 0.6 is 0 Å². The van der Waals surface area contributed by atoms with E-state index in [1.807, 2.05) is 6.92 Å². The lowest BCUT2D eigenvalue weighted by molar-refractivity contribution is -0.120. The minimum Gasteiger partial charge on any atom is -0.379 e. The first-order chi connectivity index (χ1) is 11.6. The molecule has 1 aliphatic rings. The maximum atomic E-state index is 12.0. The molecule has 1 unspecified atom stereocenters. The maximum absolute atomic E-state index is 12.0. The summed E-state index contributed by atoms with van der Waals surface area (Å²) in [6.45, 7) is 7.30. The van der Waals surface area contributed by atoms with Crippen LogP contribution in [0.1, 0.15) is 26.7 Å². The van der Waals surface area contributed by atoms with Gasteiger partial charge in [0.05, 0.1) is 19.8 Å². The van der Waals surface area contributed by atoms with Crippen LogP contribution in [0.3, 0.4) is 0 Å². The highest BCUT2D eigenvalue weighted by Crippen LogP contribution is 2.16. The molecule has 132 valence electrons. The summed E-state index contributed by atoms with van der Waals surface area (Å²) in [5.41, 5.74) is 1.47. The Balaban J connectivity index is 1.80. The molecule has 2 rings (SSSR count). The van der Waals surface area contributed by atoms with Gasteiger partial charge in [0.15, 0.2) is 0 Å². The van der Waals surface area contributed by atoms with E-state index in [-0.39, 0.29) is 17.7 Å². The molecule has 1 fully saturated rings. The Bertz CT molecular complexity index is 539. The number of hydrogen-bond acceptors (Lipinski definition) is 4. The SMILES string of the molecule is CCCC(C)C(=O)Nc1ccc(NC(=O)CN2CCOCC2)cc1. The van der Waals surface area contributed by atoms with Gasteiger partial charge in [-0.1, -0.05) is 20.3 Å². The van der Waals surface area contributed by atoms with Crippen LogP contribution in [0.5, 0.6) is 0 Å². The van der Waals surface area contributed by atoms with Crippen molar-refractivity contribution in [2.24, 2.45) is 5.92 Å². The van der Waals surface area contributed by atoms with Gasteiger partial charge in [-0.3, -0.25) is 14.5 Å². The molecule has 0 saturated carbocycles. The van der Waals surface area contributed by atoms with Crippen molar-refractivity contribution < 1.29 is 14.3 Å². The third-order valence-electron chi connectivity index (χ3n) is 4.08. The zero-order valence-corrected chi connectivity index (χ0v) is 14.5. The van der Waals surface area contributed by atoms with Gasteiger partial charge in [-0.15, -0.1) is 0 Å². The highest BCUT2D eigenvalue weighted by molar-refractivity contribution is 5.94. The first-order valence-corrected chi connectivity index (χ1v) is 8.59. The van der Waals surface area contributed by atoms with E-state index < -0.39 is 0 Å². The van der Waals surface area contributed by atoms with E-state index >= 15 is 0 Å². The fourth-order valence-electron chi connectivity index (χ4n) is 2.63. The minimum absolute atomic E-state index is 0.00269. The van der Waals surface area contributed by atoms with Crippen molar-refractivity contribution in [1.29, 1.82) is 0 Å². The highest BCUT2D eigenvalue weighted by Gasteiger charge is 2.14. The predicted molar refractivity (Wildman–Crippen MR) is 95.0 cm³/mol. The Kier molecular flexibility index (Phi) is 7.21. The molecular weight excluding hydrogens is 306 g/mol. The van der Waals surface area contributed by atoms with Crippen LogP contribution < -0.4 is 10.6 Å². The van der Waals surface area contributed by atoms with Gasteiger partial charge < -0.3 is 15.4 Å². The molecule has 1 saturated heterocycles. The molecule has 1 aromatic carbocycles. The van der Waals surface area contributed by atoms with Gasteiger partial charge >= 0.3 is 0 Å². The standard InChI is InChI=1S/C18H27N3O3/c1-3-4-14(2)18(23)20-16-7-5-15(6-8-16)19-17(22)13-21-9-11-24-12-10-21/h5-8,14H,3-4,9-13H2,1-2H3,(H,19,22)(H,20,23). The third-order valence-corrected chi connectivity index (χ3v) is 4.08. The van der Waals surface area contributed by atoms with Gasteiger partial charge in [-0.25, -0.2) is 0 Å². The fraction of sp³-hybridized carbons (Fsp3) is 0.556. The van der Waals surface area contributed by atoms with Crippen LogP contribution in [0, 0.1) is 5.92 Å². The Hall–Kier alpha value is -1.92. The summed E-state index contributed by atoms with van der Waals surface area (Å²) in [6, 6.07) is 7.22. The number of benzene rings is 1. The van der Waals surface area contributed by atoms with Crippen LogP contribution in [-0.2, 0) is 14.3 Å². The number of carbonyl (C=O) groups excluding carboxylic acids is 2. The molecule has 1 atom stereocenters. The van der Waals surface area contributed by atoms with Crippen LogP contribution in [0.4, 0.5) is 11.4 Å². The second-order valence-corrected chi connectivity index (χ2v) is 6.19. The molecule has 1 aromatic rings. The molecule has 1 aliphatic heterocycles. The lowest BCUT2D eigenvalue weighted by Gasteiger charge is -2.25. The Morgan fingerprint density at radius 2 is 1.71 bits per heavy atom. The topological polar surface area (TPSA) is 70.7 Å². The molecule has 6 heteroatoms. The summed E-state index contributed by atoms with van der Waals surface area (Å²) in [6.07, 6.45) is 1.87. The van der Waals surface area contributed by atoms with Crippen LogP contribution in [-0.4, -0.2) is 49.6 Å². The van der Waals surface area contributed by atoms with Crippen molar-refractivity contribution in [2.75, 3.05) is 43.5 Å². The molecule has 0 aliphatic carbocycles. The van der Waals surface area contributed by atoms with Crippen LogP contribution in [0.25, 0.3) is 0 Å². The van der Waals surface area contributed by atoms with E-state index in [9.17, 15) is 9.59 Å². The van der Waals surface area contributed by atoms with E-state index in [0.29, 0.717) is 19.8 Å². The number of rotatable bonds is 7. The molecule has 0 bridgehead atoms. The van der Waals surface area contributed by atoms with Crippen LogP contribution in [0.15, 0.2) is 24.3 Å². The number of nitrogens with one attached hydrogen (secondary N) is 2. The summed E-state index contributed by atoms with van der Waals surface area (Å²) in [7, 11) is 0. The average Bonchev–Trinajstić information content (AvgIpc) is 2.57. The molecule has 0 aromatic heterocycles. The van der Waals surface area contributed by atoms with Gasteiger partial charge in [-0.05, 0) is 30.7 Å². The van der Waals surface area contributed by atoms with Crippen molar-refractivity contribution in [2.45, 2.75) is 26.7 Å². The number of morpholine rings is 1. The Morgan fingerprint density at radius 1 is 1.12 bits per heavy atom. The van der Waals surface area contributed by atoms with E-state index in [1.54, 1.807) is 24.3 Å². The van der Waals surface area contributed by atoms with Gasteiger partial charge in [0.1, 0.15) is 0 Å². The van der Waals surface area contributed by atoms with E-state index in [1.165, 1.54) is 0 Å². The fourth-order valence-corrected chi connectivity index (χ4v) is 2.63. The first kappa shape index (κ1) is 18.4. The lowest BCUT2D eigenvalue weighted by atomic mass is 10.1. The van der Waals surface area contributed by atoms with Gasteiger partial charge in [0.25, 0.3) is 0 Å².